The maximum Gasteiger partial charge on any atom is 0.133 e. The first-order chi connectivity index (χ1) is 7.26. The third kappa shape index (κ3) is 2.33. The molecular weight excluding hydrogens is 260 g/mol. The van der Waals surface area contributed by atoms with Crippen molar-refractivity contribution in [1.29, 1.82) is 0 Å². The molecule has 1 aliphatic heterocycles. The van der Waals surface area contributed by atoms with Crippen LogP contribution >= 0.6 is 15.9 Å². The molecule has 3 nitrogen and oxygen atoms in total. The van der Waals surface area contributed by atoms with Crippen LogP contribution in [0.4, 0.5) is 0 Å². The zero-order chi connectivity index (χ0) is 10.7. The Morgan fingerprint density at radius 2 is 2.13 bits per heavy atom. The van der Waals surface area contributed by atoms with Gasteiger partial charge in [-0.25, -0.2) is 0 Å². The summed E-state index contributed by atoms with van der Waals surface area (Å²) in [4.78, 5) is 0. The molecule has 0 bridgehead atoms. The largest absolute Gasteiger partial charge is 0.492 e. The van der Waals surface area contributed by atoms with Gasteiger partial charge in [-0.05, 0) is 28.1 Å². The predicted octanol–water partition coefficient (Wildman–Crippen LogP) is 1.84. The van der Waals surface area contributed by atoms with Crippen LogP contribution < -0.4 is 4.74 Å². The fourth-order valence-electron chi connectivity index (χ4n) is 1.40. The van der Waals surface area contributed by atoms with Crippen LogP contribution in [0.25, 0.3) is 0 Å². The number of hydrogen-bond acceptors (Lipinski definition) is 3. The summed E-state index contributed by atoms with van der Waals surface area (Å²) in [5, 5.41) is 9.21. The van der Waals surface area contributed by atoms with Crippen LogP contribution in [0.2, 0.25) is 0 Å². The molecule has 15 heavy (non-hydrogen) atoms. The molecule has 0 spiro atoms. The topological polar surface area (TPSA) is 38.7 Å². The number of halogens is 1. The van der Waals surface area contributed by atoms with E-state index < -0.39 is 0 Å². The average Bonchev–Trinajstić information content (AvgIpc) is 2.19. The molecule has 1 saturated heterocycles. The van der Waals surface area contributed by atoms with Gasteiger partial charge in [-0.1, -0.05) is 12.1 Å². The van der Waals surface area contributed by atoms with Crippen LogP contribution in [0, 0.1) is 5.41 Å². The van der Waals surface area contributed by atoms with Gasteiger partial charge >= 0.3 is 0 Å². The van der Waals surface area contributed by atoms with Gasteiger partial charge in [-0.3, -0.25) is 0 Å². The second-order valence-corrected chi connectivity index (χ2v) is 4.72. The fourth-order valence-corrected chi connectivity index (χ4v) is 1.80. The summed E-state index contributed by atoms with van der Waals surface area (Å²) in [6.07, 6.45) is 0. The van der Waals surface area contributed by atoms with Gasteiger partial charge < -0.3 is 14.6 Å². The Bertz CT molecular complexity index is 331. The maximum absolute atomic E-state index is 9.21. The summed E-state index contributed by atoms with van der Waals surface area (Å²) >= 11 is 3.41. The second-order valence-electron chi connectivity index (χ2n) is 3.87. The molecule has 4 heteroatoms. The van der Waals surface area contributed by atoms with Crippen molar-refractivity contribution in [2.75, 3.05) is 26.4 Å². The maximum atomic E-state index is 9.21. The molecule has 0 aromatic heterocycles. The summed E-state index contributed by atoms with van der Waals surface area (Å²) in [5.41, 5.74) is -0.199. The van der Waals surface area contributed by atoms with Gasteiger partial charge in [0, 0.05) is 0 Å². The lowest BCUT2D eigenvalue weighted by atomic mass is 9.88. The highest BCUT2D eigenvalue weighted by Gasteiger charge is 2.39. The zero-order valence-electron chi connectivity index (χ0n) is 8.28. The summed E-state index contributed by atoms with van der Waals surface area (Å²) < 4.78 is 11.7. The van der Waals surface area contributed by atoms with Crippen LogP contribution in [0.5, 0.6) is 5.75 Å². The number of para-hydroxylation sites is 1. The highest BCUT2D eigenvalue weighted by Crippen LogP contribution is 2.30. The van der Waals surface area contributed by atoms with E-state index in [1.165, 1.54) is 0 Å². The molecule has 0 amide bonds. The number of aliphatic hydroxyl groups is 1. The smallest absolute Gasteiger partial charge is 0.133 e. The molecule has 0 aliphatic carbocycles. The Kier molecular flexibility index (Phi) is 3.29. The van der Waals surface area contributed by atoms with Gasteiger partial charge in [-0.15, -0.1) is 0 Å². The summed E-state index contributed by atoms with van der Waals surface area (Å²) in [7, 11) is 0. The van der Waals surface area contributed by atoms with Gasteiger partial charge in [0.2, 0.25) is 0 Å². The van der Waals surface area contributed by atoms with Crippen LogP contribution in [0.15, 0.2) is 28.7 Å². The lowest BCUT2D eigenvalue weighted by Crippen LogP contribution is -2.49. The number of benzene rings is 1. The second kappa shape index (κ2) is 4.51. The van der Waals surface area contributed by atoms with Crippen molar-refractivity contribution in [2.45, 2.75) is 0 Å². The molecule has 0 saturated carbocycles. The average molecular weight is 273 g/mol. The Morgan fingerprint density at radius 3 is 2.67 bits per heavy atom. The summed E-state index contributed by atoms with van der Waals surface area (Å²) in [6, 6.07) is 7.68. The first-order valence-corrected chi connectivity index (χ1v) is 5.61. The molecule has 82 valence electrons. The Morgan fingerprint density at radius 1 is 1.40 bits per heavy atom. The SMILES string of the molecule is OCC1(COc2ccccc2Br)COC1. The molecule has 1 aromatic carbocycles. The molecule has 0 unspecified atom stereocenters. The number of rotatable bonds is 4. The van der Waals surface area contributed by atoms with E-state index in [1.54, 1.807) is 0 Å². The van der Waals surface area contributed by atoms with E-state index in [1.807, 2.05) is 24.3 Å². The van der Waals surface area contributed by atoms with Crippen LogP contribution in [-0.2, 0) is 4.74 Å². The molecule has 0 atom stereocenters. The van der Waals surface area contributed by atoms with E-state index in [0.29, 0.717) is 19.8 Å². The zero-order valence-corrected chi connectivity index (χ0v) is 9.87. The highest BCUT2D eigenvalue weighted by molar-refractivity contribution is 9.10. The van der Waals surface area contributed by atoms with Crippen molar-refractivity contribution in [2.24, 2.45) is 5.41 Å². The standard InChI is InChI=1S/C11H13BrO3/c12-9-3-1-2-4-10(9)15-8-11(5-13)6-14-7-11/h1-4,13H,5-8H2. The minimum Gasteiger partial charge on any atom is -0.492 e. The Labute approximate surface area is 97.1 Å². The lowest BCUT2D eigenvalue weighted by molar-refractivity contribution is -0.153. The van der Waals surface area contributed by atoms with Crippen LogP contribution in [0.3, 0.4) is 0 Å². The first-order valence-electron chi connectivity index (χ1n) is 4.82. The monoisotopic (exact) mass is 272 g/mol. The predicted molar refractivity (Wildman–Crippen MR) is 60.0 cm³/mol. The number of ether oxygens (including phenoxy) is 2. The Hall–Kier alpha value is -0.580. The van der Waals surface area contributed by atoms with Crippen molar-refractivity contribution in [3.05, 3.63) is 28.7 Å². The molecule has 1 aliphatic rings. The molecular formula is C11H13BrO3. The number of aliphatic hydroxyl groups excluding tert-OH is 1. The van der Waals surface area contributed by atoms with E-state index in [2.05, 4.69) is 15.9 Å². The van der Waals surface area contributed by atoms with Crippen molar-refractivity contribution < 1.29 is 14.6 Å². The molecule has 0 radical (unpaired) electrons. The highest BCUT2D eigenvalue weighted by atomic mass is 79.9. The molecule has 1 aromatic rings. The van der Waals surface area contributed by atoms with Crippen LogP contribution in [-0.4, -0.2) is 31.5 Å². The van der Waals surface area contributed by atoms with E-state index in [4.69, 9.17) is 9.47 Å². The van der Waals surface area contributed by atoms with E-state index in [0.717, 1.165) is 10.2 Å². The minimum atomic E-state index is -0.199. The quantitative estimate of drug-likeness (QED) is 0.909. The van der Waals surface area contributed by atoms with Gasteiger partial charge in [-0.2, -0.15) is 0 Å². The van der Waals surface area contributed by atoms with Crippen molar-refractivity contribution in [1.82, 2.24) is 0 Å². The summed E-state index contributed by atoms with van der Waals surface area (Å²) in [6.45, 7) is 1.76. The van der Waals surface area contributed by atoms with Gasteiger partial charge in [0.1, 0.15) is 12.4 Å². The van der Waals surface area contributed by atoms with E-state index >= 15 is 0 Å². The van der Waals surface area contributed by atoms with Gasteiger partial charge in [0.15, 0.2) is 0 Å². The molecule has 1 heterocycles. The minimum absolute atomic E-state index is 0.109. The normalized spacial score (nSPS) is 18.3. The number of hydrogen-bond donors (Lipinski definition) is 1. The van der Waals surface area contributed by atoms with Crippen LogP contribution in [0.1, 0.15) is 0 Å². The first kappa shape index (κ1) is 10.9. The molecule has 1 N–H and O–H groups in total. The van der Waals surface area contributed by atoms with E-state index in [-0.39, 0.29) is 12.0 Å². The summed E-state index contributed by atoms with van der Waals surface area (Å²) in [5.74, 6) is 0.803. The van der Waals surface area contributed by atoms with Gasteiger partial charge in [0.25, 0.3) is 0 Å². The molecule has 1 fully saturated rings. The van der Waals surface area contributed by atoms with Crippen molar-refractivity contribution >= 4 is 15.9 Å². The van der Waals surface area contributed by atoms with Crippen molar-refractivity contribution in [3.63, 3.8) is 0 Å². The molecule has 2 rings (SSSR count). The third-order valence-corrected chi connectivity index (χ3v) is 3.18. The van der Waals surface area contributed by atoms with E-state index in [9.17, 15) is 5.11 Å². The Balaban J connectivity index is 1.95. The lowest BCUT2D eigenvalue weighted by Gasteiger charge is -2.39. The fraction of sp³-hybridized carbons (Fsp3) is 0.455. The third-order valence-electron chi connectivity index (χ3n) is 2.52. The van der Waals surface area contributed by atoms with Gasteiger partial charge in [0.05, 0.1) is 29.7 Å². The van der Waals surface area contributed by atoms with Crippen molar-refractivity contribution in [3.8, 4) is 5.75 Å².